The maximum atomic E-state index is 13.5. The number of hydrogen-bond donors (Lipinski definition) is 1. The van der Waals surface area contributed by atoms with Crippen molar-refractivity contribution in [1.29, 1.82) is 0 Å². The Kier molecular flexibility index (Phi) is 6.12. The average molecular weight is 313 g/mol. The predicted molar refractivity (Wildman–Crippen MR) is 77.9 cm³/mol. The van der Waals surface area contributed by atoms with Gasteiger partial charge >= 0.3 is 5.97 Å². The Morgan fingerprint density at radius 1 is 1.27 bits per heavy atom. The molecule has 0 bridgehead atoms. The van der Waals surface area contributed by atoms with Crippen molar-refractivity contribution >= 4 is 5.97 Å². The highest BCUT2D eigenvalue weighted by atomic mass is 19.1. The van der Waals surface area contributed by atoms with Crippen LogP contribution in [0.2, 0.25) is 0 Å². The van der Waals surface area contributed by atoms with Crippen LogP contribution in [0.3, 0.4) is 0 Å². The summed E-state index contributed by atoms with van der Waals surface area (Å²) in [5.41, 5.74) is 0. The van der Waals surface area contributed by atoms with E-state index in [1.807, 2.05) is 0 Å². The monoisotopic (exact) mass is 313 g/mol. The van der Waals surface area contributed by atoms with Crippen molar-refractivity contribution < 1.29 is 23.4 Å². The summed E-state index contributed by atoms with van der Waals surface area (Å²) in [5.74, 6) is -1.94. The van der Waals surface area contributed by atoms with Gasteiger partial charge in [-0.15, -0.1) is 0 Å². The normalized spacial score (nSPS) is 16.6. The average Bonchev–Trinajstić information content (AvgIpc) is 2.48. The number of hydrogen-bond acceptors (Lipinski definition) is 3. The molecule has 1 aliphatic heterocycles. The highest BCUT2D eigenvalue weighted by Crippen LogP contribution is 2.23. The summed E-state index contributed by atoms with van der Waals surface area (Å²) < 4.78 is 32.0. The lowest BCUT2D eigenvalue weighted by molar-refractivity contribution is -0.137. The van der Waals surface area contributed by atoms with Crippen LogP contribution in [0.25, 0.3) is 0 Å². The fourth-order valence-corrected chi connectivity index (χ4v) is 2.61. The highest BCUT2D eigenvalue weighted by molar-refractivity contribution is 5.66. The molecule has 1 fully saturated rings. The maximum Gasteiger partial charge on any atom is 0.303 e. The predicted octanol–water partition coefficient (Wildman–Crippen LogP) is 3.06. The second-order valence-electron chi connectivity index (χ2n) is 5.58. The number of ether oxygens (including phenoxy) is 1. The molecule has 6 heteroatoms. The van der Waals surface area contributed by atoms with E-state index >= 15 is 0 Å². The zero-order chi connectivity index (χ0) is 15.9. The molecule has 0 unspecified atom stereocenters. The highest BCUT2D eigenvalue weighted by Gasteiger charge is 2.21. The van der Waals surface area contributed by atoms with Crippen LogP contribution in [0.4, 0.5) is 8.78 Å². The first-order valence-corrected chi connectivity index (χ1v) is 7.60. The molecule has 2 rings (SSSR count). The Hall–Kier alpha value is -1.69. The largest absolute Gasteiger partial charge is 0.487 e. The van der Waals surface area contributed by atoms with Gasteiger partial charge in [-0.05, 0) is 44.4 Å². The molecule has 122 valence electrons. The summed E-state index contributed by atoms with van der Waals surface area (Å²) in [5, 5.41) is 8.58. The number of piperidine rings is 1. The first-order valence-electron chi connectivity index (χ1n) is 7.60. The van der Waals surface area contributed by atoms with Gasteiger partial charge < -0.3 is 14.7 Å². The maximum absolute atomic E-state index is 13.5. The number of carbonyl (C=O) groups is 1. The van der Waals surface area contributed by atoms with Crippen LogP contribution >= 0.6 is 0 Å². The number of halogens is 2. The van der Waals surface area contributed by atoms with Crippen LogP contribution in [0.1, 0.15) is 32.1 Å². The molecule has 0 radical (unpaired) electrons. The number of carboxylic acids is 1. The molecule has 1 aromatic carbocycles. The van der Waals surface area contributed by atoms with Crippen LogP contribution in [0.5, 0.6) is 5.75 Å². The van der Waals surface area contributed by atoms with Gasteiger partial charge in [0.1, 0.15) is 11.9 Å². The molecule has 1 aliphatic rings. The Balaban J connectivity index is 1.69. The van der Waals surface area contributed by atoms with Gasteiger partial charge in [-0.3, -0.25) is 4.79 Å². The molecular formula is C16H21F2NO3. The molecule has 0 atom stereocenters. The quantitative estimate of drug-likeness (QED) is 0.786. The topological polar surface area (TPSA) is 49.8 Å². The van der Waals surface area contributed by atoms with Crippen LogP contribution in [-0.4, -0.2) is 41.7 Å². The lowest BCUT2D eigenvalue weighted by Gasteiger charge is -2.32. The van der Waals surface area contributed by atoms with Crippen molar-refractivity contribution in [3.63, 3.8) is 0 Å². The standard InChI is InChI=1S/C16H21F2NO3/c17-12-4-5-15(14(18)11-12)22-13-6-9-19(10-7-13)8-2-1-3-16(20)21/h4-5,11,13H,1-3,6-10H2,(H,20,21). The van der Waals surface area contributed by atoms with Crippen molar-refractivity contribution in [3.8, 4) is 5.75 Å². The molecule has 0 spiro atoms. The van der Waals surface area contributed by atoms with Gasteiger partial charge in [-0.1, -0.05) is 0 Å². The van der Waals surface area contributed by atoms with Crippen LogP contribution in [0.15, 0.2) is 18.2 Å². The number of nitrogens with zero attached hydrogens (tertiary/aromatic N) is 1. The fraction of sp³-hybridized carbons (Fsp3) is 0.562. The Labute approximate surface area is 128 Å². The summed E-state index contributed by atoms with van der Waals surface area (Å²) >= 11 is 0. The Morgan fingerprint density at radius 2 is 2.00 bits per heavy atom. The van der Waals surface area contributed by atoms with E-state index in [-0.39, 0.29) is 18.3 Å². The van der Waals surface area contributed by atoms with E-state index in [4.69, 9.17) is 9.84 Å². The van der Waals surface area contributed by atoms with Crippen molar-refractivity contribution in [2.75, 3.05) is 19.6 Å². The number of carboxylic acid groups (broad SMARTS) is 1. The van der Waals surface area contributed by atoms with Gasteiger partial charge in [0.25, 0.3) is 0 Å². The minimum absolute atomic E-state index is 0.0600. The molecule has 0 amide bonds. The van der Waals surface area contributed by atoms with Crippen LogP contribution < -0.4 is 4.74 Å². The lowest BCUT2D eigenvalue weighted by Crippen LogP contribution is -2.38. The van der Waals surface area contributed by atoms with Gasteiger partial charge in [-0.25, -0.2) is 8.78 Å². The van der Waals surface area contributed by atoms with Gasteiger partial charge in [0.15, 0.2) is 11.6 Å². The van der Waals surface area contributed by atoms with Crippen LogP contribution in [0, 0.1) is 11.6 Å². The molecule has 0 saturated carbocycles. The Morgan fingerprint density at radius 3 is 2.64 bits per heavy atom. The third-order valence-electron chi connectivity index (χ3n) is 3.84. The van der Waals surface area contributed by atoms with E-state index in [2.05, 4.69) is 4.90 Å². The fourth-order valence-electron chi connectivity index (χ4n) is 2.61. The smallest absolute Gasteiger partial charge is 0.303 e. The molecule has 0 aromatic heterocycles. The number of unbranched alkanes of at least 4 members (excludes halogenated alkanes) is 1. The summed E-state index contributed by atoms with van der Waals surface area (Å²) in [7, 11) is 0. The second kappa shape index (κ2) is 8.08. The molecule has 22 heavy (non-hydrogen) atoms. The van der Waals surface area contributed by atoms with Crippen molar-refractivity contribution in [1.82, 2.24) is 4.90 Å². The minimum Gasteiger partial charge on any atom is -0.487 e. The van der Waals surface area contributed by atoms with Crippen LogP contribution in [-0.2, 0) is 4.79 Å². The molecule has 1 heterocycles. The van der Waals surface area contributed by atoms with E-state index < -0.39 is 17.6 Å². The van der Waals surface area contributed by atoms with Crippen molar-refractivity contribution in [3.05, 3.63) is 29.8 Å². The number of rotatable bonds is 7. The number of likely N-dealkylation sites (tertiary alicyclic amines) is 1. The van der Waals surface area contributed by atoms with E-state index in [9.17, 15) is 13.6 Å². The molecular weight excluding hydrogens is 292 g/mol. The van der Waals surface area contributed by atoms with Gasteiger partial charge in [0.2, 0.25) is 0 Å². The molecule has 1 saturated heterocycles. The lowest BCUT2D eigenvalue weighted by atomic mass is 10.1. The third-order valence-corrected chi connectivity index (χ3v) is 3.84. The van der Waals surface area contributed by atoms with Crippen molar-refractivity contribution in [2.24, 2.45) is 0 Å². The second-order valence-corrected chi connectivity index (χ2v) is 5.58. The summed E-state index contributed by atoms with van der Waals surface area (Å²) in [6.07, 6.45) is 3.28. The van der Waals surface area contributed by atoms with E-state index in [0.29, 0.717) is 6.42 Å². The van der Waals surface area contributed by atoms with E-state index in [1.54, 1.807) is 0 Å². The van der Waals surface area contributed by atoms with E-state index in [0.717, 1.165) is 45.0 Å². The number of benzene rings is 1. The van der Waals surface area contributed by atoms with Gasteiger partial charge in [0, 0.05) is 25.6 Å². The Bertz CT molecular complexity index is 502. The first kappa shape index (κ1) is 16.7. The summed E-state index contributed by atoms with van der Waals surface area (Å²) in [6.45, 7) is 2.58. The summed E-state index contributed by atoms with van der Waals surface area (Å²) in [6, 6.07) is 3.34. The molecule has 1 aromatic rings. The zero-order valence-electron chi connectivity index (χ0n) is 12.4. The number of aliphatic carboxylic acids is 1. The SMILES string of the molecule is O=C(O)CCCCN1CCC(Oc2ccc(F)cc2F)CC1. The van der Waals surface area contributed by atoms with Gasteiger partial charge in [0.05, 0.1) is 0 Å². The van der Waals surface area contributed by atoms with Gasteiger partial charge in [-0.2, -0.15) is 0 Å². The third kappa shape index (κ3) is 5.26. The molecule has 0 aliphatic carbocycles. The first-order chi connectivity index (χ1) is 10.5. The summed E-state index contributed by atoms with van der Waals surface area (Å²) in [4.78, 5) is 12.7. The molecule has 4 nitrogen and oxygen atoms in total. The molecule has 1 N–H and O–H groups in total. The zero-order valence-corrected chi connectivity index (χ0v) is 12.4. The van der Waals surface area contributed by atoms with E-state index in [1.165, 1.54) is 12.1 Å². The minimum atomic E-state index is -0.756. The van der Waals surface area contributed by atoms with Crippen molar-refractivity contribution in [2.45, 2.75) is 38.2 Å².